The van der Waals surface area contributed by atoms with Crippen LogP contribution in [0.15, 0.2) is 24.3 Å². The van der Waals surface area contributed by atoms with Gasteiger partial charge in [0, 0.05) is 12.7 Å². The summed E-state index contributed by atoms with van der Waals surface area (Å²) in [4.78, 5) is 43.6. The highest BCUT2D eigenvalue weighted by atomic mass is 16.6. The zero-order valence-electron chi connectivity index (χ0n) is 24.7. The van der Waals surface area contributed by atoms with Gasteiger partial charge < -0.3 is 41.3 Å². The van der Waals surface area contributed by atoms with Crippen LogP contribution in [0.1, 0.15) is 73.3 Å². The molecular weight excluding hydrogens is 490 g/mol. The summed E-state index contributed by atoms with van der Waals surface area (Å²) < 4.78 is 9.77. The van der Waals surface area contributed by atoms with E-state index in [-0.39, 0.29) is 25.1 Å². The molecule has 0 spiro atoms. The standard InChI is InChI=1S/C15H24N4O3.C7H13NO3.C3H8.C2H6/c1-17-13(4-3-9-16)14(20)19-12-7-5-11(6-8-12)10-22-15(21)18-2;1-7(2,3)11-6(10)8-4-5-9;1-3-2;1-2/h5-8,13,17H,3-4,9-10,16H2,1-2H3,(H,18,21)(H,19,20);5H,4H2,1-3H3,(H,8,10);3H2,1-2H3;1-2H3/t13-;;;/m0.../s1. The monoisotopic (exact) mass is 541 g/mol. The number of carbonyl (C=O) groups is 4. The van der Waals surface area contributed by atoms with Gasteiger partial charge in [0.05, 0.1) is 12.6 Å². The Labute approximate surface area is 229 Å². The quantitative estimate of drug-likeness (QED) is 0.278. The number of rotatable bonds is 10. The topological polar surface area (TPSA) is 161 Å². The molecular formula is C27H51N5O6. The normalized spacial score (nSPS) is 10.4. The predicted molar refractivity (Wildman–Crippen MR) is 153 cm³/mol. The number of hydrogen-bond donors (Lipinski definition) is 5. The number of likely N-dealkylation sites (N-methyl/N-ethyl adjacent to an activating group) is 1. The van der Waals surface area contributed by atoms with Crippen LogP contribution >= 0.6 is 0 Å². The summed E-state index contributed by atoms with van der Waals surface area (Å²) in [6.07, 6.45) is 2.29. The van der Waals surface area contributed by atoms with Crippen molar-refractivity contribution in [2.75, 3.05) is 32.5 Å². The fourth-order valence-corrected chi connectivity index (χ4v) is 2.30. The third-order valence-corrected chi connectivity index (χ3v) is 3.89. The number of aldehydes is 1. The summed E-state index contributed by atoms with van der Waals surface area (Å²) >= 11 is 0. The van der Waals surface area contributed by atoms with E-state index in [0.717, 1.165) is 12.0 Å². The van der Waals surface area contributed by atoms with E-state index >= 15 is 0 Å². The van der Waals surface area contributed by atoms with E-state index in [1.54, 1.807) is 52.1 Å². The Bertz CT molecular complexity index is 751. The van der Waals surface area contributed by atoms with E-state index in [0.29, 0.717) is 24.9 Å². The summed E-state index contributed by atoms with van der Waals surface area (Å²) in [6.45, 7) is 14.3. The molecule has 0 saturated carbocycles. The second-order valence-corrected chi connectivity index (χ2v) is 8.54. The third-order valence-electron chi connectivity index (χ3n) is 3.89. The third kappa shape index (κ3) is 24.5. The van der Waals surface area contributed by atoms with Gasteiger partial charge in [-0.3, -0.25) is 4.79 Å². The zero-order chi connectivity index (χ0) is 30.0. The van der Waals surface area contributed by atoms with Crippen LogP contribution in [0.25, 0.3) is 0 Å². The Morgan fingerprint density at radius 2 is 1.58 bits per heavy atom. The summed E-state index contributed by atoms with van der Waals surface area (Å²) in [6, 6.07) is 6.88. The average Bonchev–Trinajstić information content (AvgIpc) is 2.88. The van der Waals surface area contributed by atoms with Gasteiger partial charge in [-0.05, 0) is 64.9 Å². The van der Waals surface area contributed by atoms with Crippen LogP contribution in [-0.4, -0.2) is 63.2 Å². The van der Waals surface area contributed by atoms with Gasteiger partial charge in [0.1, 0.15) is 18.5 Å². The number of amides is 3. The molecule has 0 aliphatic carbocycles. The number of nitrogens with one attached hydrogen (secondary N) is 4. The molecule has 0 aliphatic rings. The number of hydrogen-bond acceptors (Lipinski definition) is 8. The highest BCUT2D eigenvalue weighted by molar-refractivity contribution is 5.94. The lowest BCUT2D eigenvalue weighted by Crippen LogP contribution is -2.38. The van der Waals surface area contributed by atoms with Crippen LogP contribution in [0.3, 0.4) is 0 Å². The minimum Gasteiger partial charge on any atom is -0.445 e. The van der Waals surface area contributed by atoms with Crippen molar-refractivity contribution in [2.45, 2.75) is 86.0 Å². The summed E-state index contributed by atoms with van der Waals surface area (Å²) in [5, 5.41) is 10.5. The molecule has 220 valence electrons. The van der Waals surface area contributed by atoms with Crippen LogP contribution in [0, 0.1) is 0 Å². The van der Waals surface area contributed by atoms with E-state index in [4.69, 9.17) is 15.2 Å². The fourth-order valence-electron chi connectivity index (χ4n) is 2.30. The minimum atomic E-state index is -0.565. The molecule has 0 saturated heterocycles. The maximum absolute atomic E-state index is 12.1. The Kier molecular flexibility index (Phi) is 26.4. The van der Waals surface area contributed by atoms with Crippen LogP contribution in [0.5, 0.6) is 0 Å². The number of alkyl carbamates (subject to hydrolysis) is 2. The Morgan fingerprint density at radius 1 is 1.03 bits per heavy atom. The van der Waals surface area contributed by atoms with Gasteiger partial charge in [0.2, 0.25) is 5.91 Å². The SMILES string of the molecule is CC.CC(C)(C)OC(=O)NCC=O.CCC.CNC(=O)OCc1ccc(NC(=O)[C@H](CCCN)NC)cc1. The van der Waals surface area contributed by atoms with E-state index in [1.807, 2.05) is 13.8 Å². The van der Waals surface area contributed by atoms with Crippen molar-refractivity contribution in [3.63, 3.8) is 0 Å². The number of benzene rings is 1. The first-order valence-corrected chi connectivity index (χ1v) is 13.0. The highest BCUT2D eigenvalue weighted by Gasteiger charge is 2.16. The van der Waals surface area contributed by atoms with Gasteiger partial charge in [0.25, 0.3) is 0 Å². The summed E-state index contributed by atoms with van der Waals surface area (Å²) in [5.74, 6) is -0.0923. The van der Waals surface area contributed by atoms with Gasteiger partial charge in [-0.1, -0.05) is 46.2 Å². The molecule has 0 bridgehead atoms. The largest absolute Gasteiger partial charge is 0.445 e. The van der Waals surface area contributed by atoms with Crippen LogP contribution in [0.4, 0.5) is 15.3 Å². The zero-order valence-corrected chi connectivity index (χ0v) is 24.7. The molecule has 0 aliphatic heterocycles. The molecule has 1 aromatic rings. The van der Waals surface area contributed by atoms with Crippen molar-refractivity contribution in [3.8, 4) is 0 Å². The van der Waals surface area contributed by atoms with Gasteiger partial charge >= 0.3 is 12.2 Å². The van der Waals surface area contributed by atoms with E-state index in [2.05, 4.69) is 35.1 Å². The maximum Gasteiger partial charge on any atom is 0.408 e. The first kappa shape index (κ1) is 39.3. The van der Waals surface area contributed by atoms with Gasteiger partial charge in [-0.15, -0.1) is 0 Å². The minimum absolute atomic E-state index is 0.00505. The summed E-state index contributed by atoms with van der Waals surface area (Å²) in [7, 11) is 3.25. The Hall–Kier alpha value is -3.18. The maximum atomic E-state index is 12.1. The first-order chi connectivity index (χ1) is 18.0. The van der Waals surface area contributed by atoms with E-state index in [9.17, 15) is 19.2 Å². The Balaban J connectivity index is -0.000000641. The van der Waals surface area contributed by atoms with Gasteiger partial charge in [0.15, 0.2) is 0 Å². The predicted octanol–water partition coefficient (Wildman–Crippen LogP) is 3.96. The molecule has 3 amide bonds. The first-order valence-electron chi connectivity index (χ1n) is 13.0. The smallest absolute Gasteiger partial charge is 0.408 e. The lowest BCUT2D eigenvalue weighted by atomic mass is 10.1. The second kappa shape index (κ2) is 25.5. The lowest BCUT2D eigenvalue weighted by molar-refractivity contribution is -0.118. The molecule has 11 nitrogen and oxygen atoms in total. The van der Waals surface area contributed by atoms with Crippen molar-refractivity contribution >= 4 is 30.1 Å². The van der Waals surface area contributed by atoms with Crippen molar-refractivity contribution in [1.82, 2.24) is 16.0 Å². The van der Waals surface area contributed by atoms with Crippen molar-refractivity contribution in [1.29, 1.82) is 0 Å². The van der Waals surface area contributed by atoms with E-state index in [1.165, 1.54) is 13.5 Å². The number of anilines is 1. The molecule has 0 fully saturated rings. The Morgan fingerprint density at radius 3 is 2.00 bits per heavy atom. The molecule has 38 heavy (non-hydrogen) atoms. The summed E-state index contributed by atoms with van der Waals surface area (Å²) in [5.41, 5.74) is 6.49. The molecule has 0 unspecified atom stereocenters. The van der Waals surface area contributed by atoms with Crippen LogP contribution in [-0.2, 0) is 25.7 Å². The molecule has 11 heteroatoms. The molecule has 0 aromatic heterocycles. The van der Waals surface area contributed by atoms with Crippen LogP contribution < -0.4 is 27.0 Å². The van der Waals surface area contributed by atoms with Crippen molar-refractivity contribution in [3.05, 3.63) is 29.8 Å². The fraction of sp³-hybridized carbons (Fsp3) is 0.630. The average molecular weight is 542 g/mol. The van der Waals surface area contributed by atoms with Crippen molar-refractivity contribution in [2.24, 2.45) is 5.73 Å². The van der Waals surface area contributed by atoms with Crippen LogP contribution in [0.2, 0.25) is 0 Å². The molecule has 1 aromatic carbocycles. The number of nitrogens with two attached hydrogens (primary N) is 1. The molecule has 1 rings (SSSR count). The highest BCUT2D eigenvalue weighted by Crippen LogP contribution is 2.12. The number of ether oxygens (including phenoxy) is 2. The molecule has 6 N–H and O–H groups in total. The van der Waals surface area contributed by atoms with Gasteiger partial charge in [-0.25, -0.2) is 9.59 Å². The molecule has 1 atom stereocenters. The number of carbonyl (C=O) groups excluding carboxylic acids is 4. The second-order valence-electron chi connectivity index (χ2n) is 8.54. The molecule has 0 radical (unpaired) electrons. The van der Waals surface area contributed by atoms with E-state index < -0.39 is 17.8 Å². The molecule has 0 heterocycles. The van der Waals surface area contributed by atoms with Gasteiger partial charge in [-0.2, -0.15) is 0 Å². The van der Waals surface area contributed by atoms with Crippen molar-refractivity contribution < 1.29 is 28.7 Å². The lowest BCUT2D eigenvalue weighted by Gasteiger charge is -2.18.